The summed E-state index contributed by atoms with van der Waals surface area (Å²) in [5.41, 5.74) is -0.0995. The maximum absolute atomic E-state index is 11.0. The molecule has 17 heavy (non-hydrogen) atoms. The van der Waals surface area contributed by atoms with Crippen molar-refractivity contribution in [2.75, 3.05) is 20.3 Å². The number of aromatic carboxylic acids is 1. The van der Waals surface area contributed by atoms with E-state index in [1.54, 1.807) is 0 Å². The first-order valence-corrected chi connectivity index (χ1v) is 4.98. The van der Waals surface area contributed by atoms with E-state index in [1.807, 2.05) is 0 Å². The summed E-state index contributed by atoms with van der Waals surface area (Å²) in [6.07, 6.45) is 0.359. The molecule has 0 aromatic heterocycles. The third kappa shape index (κ3) is 3.01. The highest BCUT2D eigenvalue weighted by Gasteiger charge is 2.19. The van der Waals surface area contributed by atoms with E-state index in [1.165, 1.54) is 19.2 Å². The van der Waals surface area contributed by atoms with Gasteiger partial charge in [0.05, 0.1) is 13.7 Å². The number of methoxy groups -OCH3 is 1. The monoisotopic (exact) mass is 242 g/mol. The Morgan fingerprint density at radius 1 is 1.35 bits per heavy atom. The molecule has 0 heterocycles. The van der Waals surface area contributed by atoms with Crippen LogP contribution in [0.25, 0.3) is 0 Å². The number of hydrogen-bond donors (Lipinski definition) is 3. The standard InChI is InChI=1S/C11H14O6/c1-16-10-8(13)4-3-7(11(14)15)9(10)17-6-2-5-12/h3-4,12-13H,2,5-6H2,1H3,(H,14,15). The summed E-state index contributed by atoms with van der Waals surface area (Å²) in [4.78, 5) is 11.0. The van der Waals surface area contributed by atoms with Crippen LogP contribution in [0.1, 0.15) is 16.8 Å². The molecular formula is C11H14O6. The lowest BCUT2D eigenvalue weighted by molar-refractivity contribution is 0.0691. The number of carboxylic acid groups (broad SMARTS) is 1. The van der Waals surface area contributed by atoms with Gasteiger partial charge in [0.2, 0.25) is 5.75 Å². The number of phenolic OH excluding ortho intramolecular Hbond substituents is 1. The lowest BCUT2D eigenvalue weighted by Gasteiger charge is -2.13. The quantitative estimate of drug-likeness (QED) is 0.640. The van der Waals surface area contributed by atoms with Gasteiger partial charge in [-0.15, -0.1) is 0 Å². The number of phenols is 1. The molecule has 0 saturated heterocycles. The minimum atomic E-state index is -1.18. The summed E-state index contributed by atoms with van der Waals surface area (Å²) in [7, 11) is 1.31. The maximum Gasteiger partial charge on any atom is 0.339 e. The van der Waals surface area contributed by atoms with Crippen molar-refractivity contribution in [2.24, 2.45) is 0 Å². The molecule has 0 amide bonds. The molecule has 1 aromatic carbocycles. The molecule has 0 atom stereocenters. The van der Waals surface area contributed by atoms with Gasteiger partial charge in [-0.05, 0) is 12.1 Å². The van der Waals surface area contributed by atoms with Gasteiger partial charge in [0.25, 0.3) is 0 Å². The average Bonchev–Trinajstić information content (AvgIpc) is 2.29. The van der Waals surface area contributed by atoms with Gasteiger partial charge in [-0.1, -0.05) is 0 Å². The number of aliphatic hydroxyl groups excluding tert-OH is 1. The van der Waals surface area contributed by atoms with Crippen LogP contribution in [-0.2, 0) is 0 Å². The SMILES string of the molecule is COc1c(O)ccc(C(=O)O)c1OCCCO. The van der Waals surface area contributed by atoms with Crippen LogP contribution in [0.3, 0.4) is 0 Å². The van der Waals surface area contributed by atoms with Gasteiger partial charge in [0.15, 0.2) is 11.5 Å². The Balaban J connectivity index is 3.10. The topological polar surface area (TPSA) is 96.2 Å². The lowest BCUT2D eigenvalue weighted by Crippen LogP contribution is -2.07. The van der Waals surface area contributed by atoms with Crippen molar-refractivity contribution in [1.82, 2.24) is 0 Å². The minimum Gasteiger partial charge on any atom is -0.504 e. The Morgan fingerprint density at radius 2 is 2.06 bits per heavy atom. The van der Waals surface area contributed by atoms with Crippen molar-refractivity contribution in [2.45, 2.75) is 6.42 Å². The Kier molecular flexibility index (Phi) is 4.59. The fourth-order valence-electron chi connectivity index (χ4n) is 1.30. The number of aromatic hydroxyl groups is 1. The summed E-state index contributed by atoms with van der Waals surface area (Å²) in [5.74, 6) is -1.44. The molecule has 0 aliphatic carbocycles. The zero-order valence-electron chi connectivity index (χ0n) is 9.34. The van der Waals surface area contributed by atoms with E-state index in [4.69, 9.17) is 19.7 Å². The Bertz CT molecular complexity index is 401. The number of aliphatic hydroxyl groups is 1. The zero-order chi connectivity index (χ0) is 12.8. The van der Waals surface area contributed by atoms with Crippen LogP contribution in [-0.4, -0.2) is 41.6 Å². The number of carbonyl (C=O) groups is 1. The molecule has 3 N–H and O–H groups in total. The van der Waals surface area contributed by atoms with Crippen LogP contribution in [0.5, 0.6) is 17.2 Å². The van der Waals surface area contributed by atoms with Gasteiger partial charge >= 0.3 is 5.97 Å². The third-order valence-corrected chi connectivity index (χ3v) is 2.07. The van der Waals surface area contributed by atoms with E-state index >= 15 is 0 Å². The van der Waals surface area contributed by atoms with Gasteiger partial charge in [0, 0.05) is 13.0 Å². The summed E-state index contributed by atoms with van der Waals surface area (Å²) in [6, 6.07) is 2.45. The van der Waals surface area contributed by atoms with Crippen LogP contribution >= 0.6 is 0 Å². The van der Waals surface area contributed by atoms with E-state index in [0.717, 1.165) is 0 Å². The van der Waals surface area contributed by atoms with Crippen molar-refractivity contribution in [1.29, 1.82) is 0 Å². The normalized spacial score (nSPS) is 10.0. The van der Waals surface area contributed by atoms with Gasteiger partial charge in [-0.25, -0.2) is 4.79 Å². The molecule has 0 radical (unpaired) electrons. The van der Waals surface area contributed by atoms with Gasteiger partial charge in [-0.2, -0.15) is 0 Å². The molecule has 0 saturated carbocycles. The number of rotatable bonds is 6. The molecule has 1 aromatic rings. The first-order valence-electron chi connectivity index (χ1n) is 4.98. The van der Waals surface area contributed by atoms with E-state index in [9.17, 15) is 9.90 Å². The molecule has 6 nitrogen and oxygen atoms in total. The van der Waals surface area contributed by atoms with Crippen LogP contribution in [0.2, 0.25) is 0 Å². The number of benzene rings is 1. The maximum atomic E-state index is 11.0. The Morgan fingerprint density at radius 3 is 2.59 bits per heavy atom. The number of hydrogen-bond acceptors (Lipinski definition) is 5. The number of ether oxygens (including phenoxy) is 2. The average molecular weight is 242 g/mol. The number of carboxylic acids is 1. The second-order valence-corrected chi connectivity index (χ2v) is 3.23. The molecule has 0 aliphatic heterocycles. The van der Waals surface area contributed by atoms with Crippen LogP contribution in [0, 0.1) is 0 Å². The molecule has 0 bridgehead atoms. The minimum absolute atomic E-state index is 0.0251. The predicted octanol–water partition coefficient (Wildman–Crippen LogP) is 0.860. The van der Waals surface area contributed by atoms with E-state index in [2.05, 4.69) is 0 Å². The largest absolute Gasteiger partial charge is 0.504 e. The third-order valence-electron chi connectivity index (χ3n) is 2.07. The highest BCUT2D eigenvalue weighted by atomic mass is 16.5. The molecule has 1 rings (SSSR count). The molecule has 6 heteroatoms. The fourth-order valence-corrected chi connectivity index (χ4v) is 1.30. The molecule has 0 spiro atoms. The summed E-state index contributed by atoms with van der Waals surface area (Å²) in [5, 5.41) is 27.1. The lowest BCUT2D eigenvalue weighted by atomic mass is 10.1. The smallest absolute Gasteiger partial charge is 0.339 e. The zero-order valence-corrected chi connectivity index (χ0v) is 9.34. The van der Waals surface area contributed by atoms with Gasteiger partial charge < -0.3 is 24.8 Å². The molecule has 0 unspecified atom stereocenters. The van der Waals surface area contributed by atoms with E-state index in [-0.39, 0.29) is 36.0 Å². The van der Waals surface area contributed by atoms with Crippen LogP contribution in [0.15, 0.2) is 12.1 Å². The van der Waals surface area contributed by atoms with Crippen LogP contribution in [0.4, 0.5) is 0 Å². The van der Waals surface area contributed by atoms with Crippen molar-refractivity contribution < 1.29 is 29.6 Å². The molecular weight excluding hydrogens is 228 g/mol. The Hall–Kier alpha value is -1.95. The van der Waals surface area contributed by atoms with E-state index in [0.29, 0.717) is 6.42 Å². The predicted molar refractivity (Wildman–Crippen MR) is 58.8 cm³/mol. The molecule has 94 valence electrons. The molecule has 0 aliphatic rings. The Labute approximate surface area is 98.0 Å². The summed E-state index contributed by atoms with van der Waals surface area (Å²) in [6.45, 7) is 0.0696. The van der Waals surface area contributed by atoms with Crippen molar-refractivity contribution in [3.8, 4) is 17.2 Å². The first-order chi connectivity index (χ1) is 8.11. The summed E-state index contributed by atoms with van der Waals surface area (Å²) >= 11 is 0. The highest BCUT2D eigenvalue weighted by Crippen LogP contribution is 2.39. The van der Waals surface area contributed by atoms with E-state index < -0.39 is 5.97 Å². The van der Waals surface area contributed by atoms with Gasteiger partial charge in [-0.3, -0.25) is 0 Å². The van der Waals surface area contributed by atoms with Crippen molar-refractivity contribution in [3.63, 3.8) is 0 Å². The first kappa shape index (κ1) is 13.1. The summed E-state index contributed by atoms with van der Waals surface area (Å²) < 4.78 is 10.1. The second kappa shape index (κ2) is 5.95. The second-order valence-electron chi connectivity index (χ2n) is 3.23. The van der Waals surface area contributed by atoms with Crippen LogP contribution < -0.4 is 9.47 Å². The molecule has 0 fully saturated rings. The highest BCUT2D eigenvalue weighted by molar-refractivity contribution is 5.92. The fraction of sp³-hybridized carbons (Fsp3) is 0.364. The van der Waals surface area contributed by atoms with Gasteiger partial charge in [0.1, 0.15) is 5.56 Å². The van der Waals surface area contributed by atoms with Crippen molar-refractivity contribution >= 4 is 5.97 Å². The van der Waals surface area contributed by atoms with Crippen molar-refractivity contribution in [3.05, 3.63) is 17.7 Å².